The summed E-state index contributed by atoms with van der Waals surface area (Å²) in [4.78, 5) is 37.5. The zero-order chi connectivity index (χ0) is 23.9. The fraction of sp³-hybridized carbons (Fsp3) is 0.500. The second-order valence-electron chi connectivity index (χ2n) is 10.0. The van der Waals surface area contributed by atoms with Crippen molar-refractivity contribution in [2.24, 2.45) is 0 Å². The molecule has 3 aliphatic heterocycles. The molecule has 0 N–H and O–H groups in total. The Bertz CT molecular complexity index is 1060. The van der Waals surface area contributed by atoms with Crippen LogP contribution in [0.5, 0.6) is 0 Å². The molecule has 5 rings (SSSR count). The van der Waals surface area contributed by atoms with Crippen molar-refractivity contribution in [3.05, 3.63) is 59.7 Å². The first-order valence-corrected chi connectivity index (χ1v) is 12.1. The Hall–Kier alpha value is -3.00. The van der Waals surface area contributed by atoms with Gasteiger partial charge >= 0.3 is 6.03 Å². The SMILES string of the molecule is CN(C)C(=O)N1CC2(CCN(C3CCN(C(=O)c4ccncc4)CC3)CC2)c2cc(F)ccc21. The summed E-state index contributed by atoms with van der Waals surface area (Å²) in [5.74, 6) is -0.167. The van der Waals surface area contributed by atoms with Gasteiger partial charge in [0.05, 0.1) is 0 Å². The van der Waals surface area contributed by atoms with E-state index < -0.39 is 0 Å². The molecule has 0 aliphatic carbocycles. The lowest BCUT2D eigenvalue weighted by Gasteiger charge is -2.45. The van der Waals surface area contributed by atoms with E-state index in [0.29, 0.717) is 18.2 Å². The van der Waals surface area contributed by atoms with Crippen LogP contribution in [-0.2, 0) is 5.41 Å². The number of fused-ring (bicyclic) bond motifs is 2. The van der Waals surface area contributed by atoms with E-state index in [1.807, 2.05) is 9.80 Å². The number of hydrogen-bond acceptors (Lipinski definition) is 4. The Balaban J connectivity index is 1.23. The van der Waals surface area contributed by atoms with Crippen molar-refractivity contribution in [2.75, 3.05) is 51.7 Å². The highest BCUT2D eigenvalue weighted by Gasteiger charge is 2.47. The highest BCUT2D eigenvalue weighted by molar-refractivity contribution is 5.95. The van der Waals surface area contributed by atoms with Crippen LogP contribution in [-0.4, -0.2) is 84.5 Å². The third-order valence-corrected chi connectivity index (χ3v) is 7.85. The second-order valence-corrected chi connectivity index (χ2v) is 10.0. The third-order valence-electron chi connectivity index (χ3n) is 7.85. The van der Waals surface area contributed by atoms with Gasteiger partial charge in [-0.15, -0.1) is 0 Å². The van der Waals surface area contributed by atoms with Crippen LogP contribution in [0, 0.1) is 5.82 Å². The molecule has 34 heavy (non-hydrogen) atoms. The molecule has 0 saturated carbocycles. The second kappa shape index (κ2) is 8.98. The fourth-order valence-corrected chi connectivity index (χ4v) is 5.91. The number of amides is 3. The predicted molar refractivity (Wildman–Crippen MR) is 128 cm³/mol. The summed E-state index contributed by atoms with van der Waals surface area (Å²) in [6.45, 7) is 3.96. The standard InChI is InChI=1S/C26H32FN5O2/c1-29(2)25(34)32-18-26(22-17-20(27)3-4-23(22)32)9-15-30(16-10-26)21-7-13-31(14-8-21)24(33)19-5-11-28-12-6-19/h3-6,11-12,17,21H,7-10,13-16,18H2,1-2H3. The van der Waals surface area contributed by atoms with E-state index in [-0.39, 0.29) is 23.2 Å². The number of rotatable bonds is 2. The quantitative estimate of drug-likeness (QED) is 0.683. The zero-order valence-electron chi connectivity index (χ0n) is 19.9. The number of piperidine rings is 2. The first kappa shape index (κ1) is 22.8. The number of likely N-dealkylation sites (tertiary alicyclic amines) is 2. The fourth-order valence-electron chi connectivity index (χ4n) is 5.91. The molecule has 8 heteroatoms. The number of nitrogens with zero attached hydrogens (tertiary/aromatic N) is 5. The lowest BCUT2D eigenvalue weighted by atomic mass is 9.74. The number of anilines is 1. The number of pyridine rings is 1. The van der Waals surface area contributed by atoms with E-state index in [1.54, 1.807) is 55.7 Å². The van der Waals surface area contributed by atoms with Gasteiger partial charge in [0.2, 0.25) is 0 Å². The topological polar surface area (TPSA) is 60.0 Å². The maximum absolute atomic E-state index is 14.2. The third kappa shape index (κ3) is 4.04. The molecule has 3 amide bonds. The Kier molecular flexibility index (Phi) is 6.02. The molecule has 2 saturated heterocycles. The van der Waals surface area contributed by atoms with Crippen LogP contribution >= 0.6 is 0 Å². The molecule has 0 unspecified atom stereocenters. The zero-order valence-corrected chi connectivity index (χ0v) is 19.9. The predicted octanol–water partition coefficient (Wildman–Crippen LogP) is 3.36. The van der Waals surface area contributed by atoms with Crippen molar-refractivity contribution in [2.45, 2.75) is 37.1 Å². The van der Waals surface area contributed by atoms with Crippen LogP contribution < -0.4 is 4.90 Å². The van der Waals surface area contributed by atoms with E-state index in [2.05, 4.69) is 9.88 Å². The van der Waals surface area contributed by atoms with E-state index in [0.717, 1.165) is 63.1 Å². The van der Waals surface area contributed by atoms with E-state index in [9.17, 15) is 14.0 Å². The van der Waals surface area contributed by atoms with Crippen molar-refractivity contribution in [1.82, 2.24) is 19.7 Å². The number of urea groups is 1. The number of carbonyl (C=O) groups is 2. The van der Waals surface area contributed by atoms with Gasteiger partial charge in [0.25, 0.3) is 5.91 Å². The summed E-state index contributed by atoms with van der Waals surface area (Å²) in [6, 6.07) is 8.77. The minimum atomic E-state index is -0.244. The normalized spacial score (nSPS) is 20.4. The van der Waals surface area contributed by atoms with Gasteiger partial charge in [0.1, 0.15) is 5.82 Å². The summed E-state index contributed by atoms with van der Waals surface area (Å²) < 4.78 is 14.2. The number of hydrogen-bond donors (Lipinski definition) is 0. The maximum atomic E-state index is 14.2. The smallest absolute Gasteiger partial charge is 0.323 e. The van der Waals surface area contributed by atoms with Crippen LogP contribution in [0.1, 0.15) is 41.6 Å². The Labute approximate surface area is 200 Å². The molecule has 1 spiro atoms. The van der Waals surface area contributed by atoms with Crippen LogP contribution in [0.4, 0.5) is 14.9 Å². The molecule has 0 radical (unpaired) electrons. The van der Waals surface area contributed by atoms with Gasteiger partial charge in [-0.05, 0) is 74.7 Å². The molecule has 1 aromatic carbocycles. The molecular formula is C26H32FN5O2. The minimum Gasteiger partial charge on any atom is -0.339 e. The first-order valence-electron chi connectivity index (χ1n) is 12.1. The Morgan fingerprint density at radius 3 is 2.35 bits per heavy atom. The van der Waals surface area contributed by atoms with E-state index in [4.69, 9.17) is 0 Å². The summed E-state index contributed by atoms with van der Waals surface area (Å²) in [7, 11) is 3.51. The van der Waals surface area contributed by atoms with E-state index >= 15 is 0 Å². The molecule has 1 aromatic heterocycles. The molecule has 7 nitrogen and oxygen atoms in total. The van der Waals surface area contributed by atoms with Crippen molar-refractivity contribution in [1.29, 1.82) is 0 Å². The number of halogens is 1. The minimum absolute atomic E-state index is 0.0570. The lowest BCUT2D eigenvalue weighted by molar-refractivity contribution is 0.0530. The molecule has 2 aromatic rings. The molecule has 4 heterocycles. The van der Waals surface area contributed by atoms with Crippen molar-refractivity contribution in [3.63, 3.8) is 0 Å². The monoisotopic (exact) mass is 465 g/mol. The first-order chi connectivity index (χ1) is 16.4. The van der Waals surface area contributed by atoms with Crippen molar-refractivity contribution >= 4 is 17.6 Å². The van der Waals surface area contributed by atoms with Gasteiger partial charge in [-0.25, -0.2) is 9.18 Å². The average molecular weight is 466 g/mol. The van der Waals surface area contributed by atoms with Gasteiger partial charge in [-0.1, -0.05) is 0 Å². The van der Waals surface area contributed by atoms with Crippen LogP contribution in [0.25, 0.3) is 0 Å². The van der Waals surface area contributed by atoms with Gasteiger partial charge in [-0.3, -0.25) is 14.7 Å². The summed E-state index contributed by atoms with van der Waals surface area (Å²) in [5.41, 5.74) is 2.31. The van der Waals surface area contributed by atoms with E-state index in [1.165, 1.54) is 6.07 Å². The summed E-state index contributed by atoms with van der Waals surface area (Å²) >= 11 is 0. The highest BCUT2D eigenvalue weighted by Crippen LogP contribution is 2.48. The van der Waals surface area contributed by atoms with Gasteiger partial charge in [-0.2, -0.15) is 0 Å². The Morgan fingerprint density at radius 2 is 1.71 bits per heavy atom. The molecule has 2 fully saturated rings. The molecule has 180 valence electrons. The van der Waals surface area contributed by atoms with Crippen molar-refractivity contribution in [3.8, 4) is 0 Å². The summed E-state index contributed by atoms with van der Waals surface area (Å²) in [6.07, 6.45) is 7.03. The van der Waals surface area contributed by atoms with Crippen LogP contribution in [0.3, 0.4) is 0 Å². The molecule has 0 atom stereocenters. The largest absolute Gasteiger partial charge is 0.339 e. The summed E-state index contributed by atoms with van der Waals surface area (Å²) in [5, 5.41) is 0. The van der Waals surface area contributed by atoms with Crippen LogP contribution in [0.15, 0.2) is 42.7 Å². The molecule has 0 bridgehead atoms. The Morgan fingerprint density at radius 1 is 1.03 bits per heavy atom. The van der Waals surface area contributed by atoms with Crippen LogP contribution in [0.2, 0.25) is 0 Å². The maximum Gasteiger partial charge on any atom is 0.323 e. The molecule has 3 aliphatic rings. The highest BCUT2D eigenvalue weighted by atomic mass is 19.1. The van der Waals surface area contributed by atoms with Gasteiger partial charge in [0, 0.05) is 68.8 Å². The lowest BCUT2D eigenvalue weighted by Crippen LogP contribution is -2.52. The van der Waals surface area contributed by atoms with Gasteiger partial charge in [0.15, 0.2) is 0 Å². The molecular weight excluding hydrogens is 433 g/mol. The van der Waals surface area contributed by atoms with Crippen molar-refractivity contribution < 1.29 is 14.0 Å². The number of carbonyl (C=O) groups excluding carboxylic acids is 2. The number of aromatic nitrogens is 1. The number of benzene rings is 1. The average Bonchev–Trinajstić information content (AvgIpc) is 3.17. The van der Waals surface area contributed by atoms with Gasteiger partial charge < -0.3 is 14.7 Å².